The van der Waals surface area contributed by atoms with Crippen molar-refractivity contribution in [3.8, 4) is 0 Å². The van der Waals surface area contributed by atoms with Gasteiger partial charge >= 0.3 is 0 Å². The van der Waals surface area contributed by atoms with Gasteiger partial charge in [-0.25, -0.2) is 9.97 Å². The van der Waals surface area contributed by atoms with Crippen molar-refractivity contribution in [3.05, 3.63) is 17.4 Å². The topological polar surface area (TPSA) is 51.8 Å². The zero-order valence-corrected chi connectivity index (χ0v) is 8.04. The summed E-state index contributed by atoms with van der Waals surface area (Å²) in [6.45, 7) is 3.98. The Bertz CT molecular complexity index is 438. The summed E-state index contributed by atoms with van der Waals surface area (Å²) >= 11 is 5.79. The summed E-state index contributed by atoms with van der Waals surface area (Å²) in [7, 11) is 0. The molecule has 2 aromatic rings. The molecular weight excluding hydrogens is 190 g/mol. The Morgan fingerprint density at radius 2 is 2.15 bits per heavy atom. The second kappa shape index (κ2) is 2.96. The Morgan fingerprint density at radius 1 is 1.38 bits per heavy atom. The molecule has 0 aromatic carbocycles. The third-order valence-electron chi connectivity index (χ3n) is 1.66. The van der Waals surface area contributed by atoms with Crippen LogP contribution in [-0.4, -0.2) is 15.0 Å². The van der Waals surface area contributed by atoms with E-state index in [1.807, 2.05) is 13.8 Å². The van der Waals surface area contributed by atoms with Gasteiger partial charge in [-0.15, -0.1) is 0 Å². The second-order valence-corrected chi connectivity index (χ2v) is 3.38. The molecule has 0 saturated heterocycles. The van der Waals surface area contributed by atoms with Crippen molar-refractivity contribution in [2.24, 2.45) is 0 Å². The molecule has 0 amide bonds. The van der Waals surface area contributed by atoms with E-state index in [9.17, 15) is 0 Å². The highest BCUT2D eigenvalue weighted by Crippen LogP contribution is 2.23. The lowest BCUT2D eigenvalue weighted by atomic mass is 10.2. The molecule has 2 rings (SSSR count). The molecule has 0 aliphatic rings. The zero-order chi connectivity index (χ0) is 9.42. The molecule has 0 atom stereocenters. The highest BCUT2D eigenvalue weighted by atomic mass is 35.5. The van der Waals surface area contributed by atoms with Crippen molar-refractivity contribution in [1.82, 2.24) is 15.0 Å². The van der Waals surface area contributed by atoms with Crippen molar-refractivity contribution in [1.29, 1.82) is 0 Å². The van der Waals surface area contributed by atoms with Gasteiger partial charge in [0.05, 0.1) is 0 Å². The van der Waals surface area contributed by atoms with Crippen LogP contribution in [0.1, 0.15) is 25.7 Å². The summed E-state index contributed by atoms with van der Waals surface area (Å²) in [5, 5.41) is 0.310. The van der Waals surface area contributed by atoms with Gasteiger partial charge in [-0.3, -0.25) is 0 Å². The number of rotatable bonds is 1. The highest BCUT2D eigenvalue weighted by molar-refractivity contribution is 6.33. The predicted molar refractivity (Wildman–Crippen MR) is 48.7 cm³/mol. The largest absolute Gasteiger partial charge is 0.435 e. The molecule has 0 saturated carbocycles. The average molecular weight is 198 g/mol. The Kier molecular flexibility index (Phi) is 1.92. The van der Waals surface area contributed by atoms with Crippen LogP contribution in [0.5, 0.6) is 0 Å². The quantitative estimate of drug-likeness (QED) is 0.659. The number of hydrogen-bond donors (Lipinski definition) is 0. The van der Waals surface area contributed by atoms with Crippen molar-refractivity contribution in [3.63, 3.8) is 0 Å². The lowest BCUT2D eigenvalue weighted by molar-refractivity contribution is 0.501. The molecule has 0 aliphatic heterocycles. The zero-order valence-electron chi connectivity index (χ0n) is 7.28. The fourth-order valence-corrected chi connectivity index (χ4v) is 1.16. The summed E-state index contributed by atoms with van der Waals surface area (Å²) in [5.74, 6) is 0.864. The molecular formula is C8H8ClN3O. The van der Waals surface area contributed by atoms with Gasteiger partial charge in [0.15, 0.2) is 11.0 Å². The first kappa shape index (κ1) is 8.44. The Morgan fingerprint density at radius 3 is 2.77 bits per heavy atom. The van der Waals surface area contributed by atoms with Crippen molar-refractivity contribution in [2.75, 3.05) is 0 Å². The summed E-state index contributed by atoms with van der Waals surface area (Å²) in [6, 6.07) is 0. The minimum atomic E-state index is 0.227. The molecule has 0 N–H and O–H groups in total. The van der Waals surface area contributed by atoms with Crippen LogP contribution in [0, 0.1) is 0 Å². The van der Waals surface area contributed by atoms with E-state index in [1.54, 1.807) is 0 Å². The van der Waals surface area contributed by atoms with Gasteiger partial charge in [-0.05, 0) is 0 Å². The van der Waals surface area contributed by atoms with E-state index < -0.39 is 0 Å². The third-order valence-corrected chi connectivity index (χ3v) is 1.93. The summed E-state index contributed by atoms with van der Waals surface area (Å²) in [5.41, 5.74) is 0.983. The van der Waals surface area contributed by atoms with Crippen molar-refractivity contribution >= 4 is 22.8 Å². The van der Waals surface area contributed by atoms with E-state index in [4.69, 9.17) is 16.0 Å². The fraction of sp³-hybridized carbons (Fsp3) is 0.375. The third kappa shape index (κ3) is 1.37. The lowest BCUT2D eigenvalue weighted by Crippen LogP contribution is -1.85. The first-order valence-electron chi connectivity index (χ1n) is 3.95. The van der Waals surface area contributed by atoms with Crippen LogP contribution in [-0.2, 0) is 0 Å². The summed E-state index contributed by atoms with van der Waals surface area (Å²) < 4.78 is 5.39. The molecule has 68 valence electrons. The second-order valence-electron chi connectivity index (χ2n) is 3.02. The van der Waals surface area contributed by atoms with E-state index in [1.165, 1.54) is 6.33 Å². The number of nitrogens with zero attached hydrogens (tertiary/aromatic N) is 3. The van der Waals surface area contributed by atoms with Crippen LogP contribution < -0.4 is 0 Å². The molecule has 2 aromatic heterocycles. The minimum Gasteiger partial charge on any atom is -0.435 e. The van der Waals surface area contributed by atoms with Crippen LogP contribution in [0.15, 0.2) is 10.7 Å². The minimum absolute atomic E-state index is 0.227. The highest BCUT2D eigenvalue weighted by Gasteiger charge is 2.12. The summed E-state index contributed by atoms with van der Waals surface area (Å²) in [6.07, 6.45) is 1.37. The van der Waals surface area contributed by atoms with Crippen molar-refractivity contribution < 1.29 is 4.42 Å². The smallest absolute Gasteiger partial charge is 0.211 e. The van der Waals surface area contributed by atoms with Gasteiger partial charge in [0.2, 0.25) is 11.2 Å². The number of oxazole rings is 1. The van der Waals surface area contributed by atoms with Crippen LogP contribution in [0.25, 0.3) is 11.2 Å². The van der Waals surface area contributed by atoms with E-state index in [2.05, 4.69) is 15.0 Å². The molecule has 0 radical (unpaired) electrons. The van der Waals surface area contributed by atoms with Gasteiger partial charge in [-0.2, -0.15) is 4.98 Å². The molecule has 0 unspecified atom stereocenters. The monoisotopic (exact) mass is 197 g/mol. The maximum atomic E-state index is 5.79. The molecule has 13 heavy (non-hydrogen) atoms. The van der Waals surface area contributed by atoms with Crippen molar-refractivity contribution in [2.45, 2.75) is 19.8 Å². The normalized spacial score (nSPS) is 11.4. The van der Waals surface area contributed by atoms with Crippen LogP contribution in [0.4, 0.5) is 0 Å². The molecule has 0 bridgehead atoms. The van der Waals surface area contributed by atoms with Gasteiger partial charge in [0.25, 0.3) is 0 Å². The molecule has 2 heterocycles. The number of hydrogen-bond acceptors (Lipinski definition) is 4. The van der Waals surface area contributed by atoms with E-state index in [-0.39, 0.29) is 5.92 Å². The Balaban J connectivity index is 2.68. The Hall–Kier alpha value is -1.16. The maximum absolute atomic E-state index is 5.79. The van der Waals surface area contributed by atoms with Crippen LogP contribution in [0.3, 0.4) is 0 Å². The van der Waals surface area contributed by atoms with Gasteiger partial charge < -0.3 is 4.42 Å². The van der Waals surface area contributed by atoms with Crippen LogP contribution >= 0.6 is 11.6 Å². The number of halogens is 1. The molecule has 0 fully saturated rings. The van der Waals surface area contributed by atoms with Gasteiger partial charge in [0.1, 0.15) is 6.33 Å². The van der Waals surface area contributed by atoms with E-state index >= 15 is 0 Å². The number of fused-ring (bicyclic) bond motifs is 1. The van der Waals surface area contributed by atoms with Gasteiger partial charge in [-0.1, -0.05) is 25.4 Å². The first-order valence-corrected chi connectivity index (χ1v) is 4.33. The molecule has 4 nitrogen and oxygen atoms in total. The lowest BCUT2D eigenvalue weighted by Gasteiger charge is -1.93. The fourth-order valence-electron chi connectivity index (χ4n) is 0.990. The summed E-state index contributed by atoms with van der Waals surface area (Å²) in [4.78, 5) is 11.9. The molecule has 5 heteroatoms. The van der Waals surface area contributed by atoms with Crippen LogP contribution in [0.2, 0.25) is 5.15 Å². The average Bonchev–Trinajstić information content (AvgIpc) is 2.49. The van der Waals surface area contributed by atoms with E-state index in [0.29, 0.717) is 22.3 Å². The van der Waals surface area contributed by atoms with E-state index in [0.717, 1.165) is 0 Å². The predicted octanol–water partition coefficient (Wildman–Crippen LogP) is 2.39. The SMILES string of the molecule is CC(C)c1nc2ncnc(Cl)c2o1. The molecule has 0 spiro atoms. The van der Waals surface area contributed by atoms with Gasteiger partial charge in [0, 0.05) is 5.92 Å². The Labute approximate surface area is 80.0 Å². The number of aromatic nitrogens is 3. The molecule has 0 aliphatic carbocycles. The maximum Gasteiger partial charge on any atom is 0.211 e. The first-order chi connectivity index (χ1) is 6.18. The standard InChI is InChI=1S/C8H8ClN3O/c1-4(2)8-12-7-5(13-8)6(9)10-3-11-7/h3-4H,1-2H3.